The standard InChI is InChI=1S/C24H30N4O2S.ClH/c1-18-16-29-13-12-27(18)10-11-28-21-14-19(4-6-22(21)31-17-30-28)20-5-7-23(26-15-20)24(2,3)8-9-25;/h4-7,14-15,18H,8,10-13,16-17H2,1-3H3;1H. The average molecular weight is 475 g/mol. The summed E-state index contributed by atoms with van der Waals surface area (Å²) in [4.78, 5) is 14.4. The maximum Gasteiger partial charge on any atom is 0.125 e. The van der Waals surface area contributed by atoms with Crippen molar-refractivity contribution in [2.45, 2.75) is 43.5 Å². The third-order valence-electron chi connectivity index (χ3n) is 6.06. The van der Waals surface area contributed by atoms with Crippen LogP contribution in [0.2, 0.25) is 0 Å². The molecule has 6 nitrogen and oxygen atoms in total. The largest absolute Gasteiger partial charge is 0.379 e. The van der Waals surface area contributed by atoms with E-state index in [2.05, 4.69) is 61.0 Å². The maximum atomic E-state index is 9.07. The molecule has 4 rings (SSSR count). The minimum absolute atomic E-state index is 0. The zero-order valence-corrected chi connectivity index (χ0v) is 20.5. The predicted molar refractivity (Wildman–Crippen MR) is 131 cm³/mol. The van der Waals surface area contributed by atoms with Crippen molar-refractivity contribution in [2.24, 2.45) is 0 Å². The normalized spacial score (nSPS) is 19.1. The van der Waals surface area contributed by atoms with Crippen molar-refractivity contribution in [2.75, 3.05) is 43.9 Å². The van der Waals surface area contributed by atoms with Gasteiger partial charge in [0.25, 0.3) is 0 Å². The Morgan fingerprint density at radius 3 is 2.75 bits per heavy atom. The summed E-state index contributed by atoms with van der Waals surface area (Å²) in [5.74, 6) is 0.634. The Hall–Kier alpha value is -1.82. The summed E-state index contributed by atoms with van der Waals surface area (Å²) in [5, 5.41) is 11.1. The zero-order valence-electron chi connectivity index (χ0n) is 18.9. The van der Waals surface area contributed by atoms with E-state index in [1.54, 1.807) is 11.8 Å². The van der Waals surface area contributed by atoms with E-state index in [4.69, 9.17) is 14.8 Å². The molecule has 32 heavy (non-hydrogen) atoms. The van der Waals surface area contributed by atoms with Gasteiger partial charge in [-0.15, -0.1) is 12.4 Å². The lowest BCUT2D eigenvalue weighted by Gasteiger charge is -2.36. The fraction of sp³-hybridized carbons (Fsp3) is 0.500. The number of rotatable bonds is 6. The highest BCUT2D eigenvalue weighted by atomic mass is 35.5. The van der Waals surface area contributed by atoms with Crippen LogP contribution in [0.25, 0.3) is 11.1 Å². The molecule has 2 aliphatic rings. The van der Waals surface area contributed by atoms with E-state index in [9.17, 15) is 0 Å². The highest BCUT2D eigenvalue weighted by Gasteiger charge is 2.24. The number of fused-ring (bicyclic) bond motifs is 1. The van der Waals surface area contributed by atoms with Crippen molar-refractivity contribution in [3.8, 4) is 17.2 Å². The molecular weight excluding hydrogens is 444 g/mol. The molecule has 1 atom stereocenters. The molecule has 0 saturated carbocycles. The summed E-state index contributed by atoms with van der Waals surface area (Å²) < 4.78 is 5.56. The molecule has 0 spiro atoms. The van der Waals surface area contributed by atoms with Crippen molar-refractivity contribution in [1.29, 1.82) is 5.26 Å². The van der Waals surface area contributed by atoms with Gasteiger partial charge in [0.2, 0.25) is 0 Å². The molecule has 1 unspecified atom stereocenters. The van der Waals surface area contributed by atoms with Crippen molar-refractivity contribution in [3.05, 3.63) is 42.2 Å². The molecule has 1 aromatic carbocycles. The lowest BCUT2D eigenvalue weighted by molar-refractivity contribution is -0.00241. The summed E-state index contributed by atoms with van der Waals surface area (Å²) in [6.07, 6.45) is 2.36. The van der Waals surface area contributed by atoms with Gasteiger partial charge < -0.3 is 4.74 Å². The summed E-state index contributed by atoms with van der Waals surface area (Å²) in [6, 6.07) is 13.4. The molecule has 1 aromatic heterocycles. The Morgan fingerprint density at radius 2 is 2.03 bits per heavy atom. The molecule has 0 radical (unpaired) electrons. The van der Waals surface area contributed by atoms with Crippen LogP contribution in [-0.2, 0) is 15.0 Å². The molecule has 2 aromatic rings. The summed E-state index contributed by atoms with van der Waals surface area (Å²) in [5.41, 5.74) is 3.99. The summed E-state index contributed by atoms with van der Waals surface area (Å²) >= 11 is 1.73. The van der Waals surface area contributed by atoms with Crippen LogP contribution in [0.1, 0.15) is 32.9 Å². The van der Waals surface area contributed by atoms with Crippen molar-refractivity contribution in [1.82, 2.24) is 9.88 Å². The van der Waals surface area contributed by atoms with E-state index in [-0.39, 0.29) is 17.8 Å². The van der Waals surface area contributed by atoms with Gasteiger partial charge in [0.1, 0.15) is 5.94 Å². The number of aromatic nitrogens is 1. The van der Waals surface area contributed by atoms with Crippen LogP contribution in [-0.4, -0.2) is 54.7 Å². The number of hydrogen-bond donors (Lipinski definition) is 0. The van der Waals surface area contributed by atoms with Gasteiger partial charge in [-0.2, -0.15) is 5.26 Å². The smallest absolute Gasteiger partial charge is 0.125 e. The Morgan fingerprint density at radius 1 is 1.22 bits per heavy atom. The van der Waals surface area contributed by atoms with Gasteiger partial charge in [0.05, 0.1) is 31.5 Å². The molecule has 0 N–H and O–H groups in total. The summed E-state index contributed by atoms with van der Waals surface area (Å²) in [6.45, 7) is 10.7. The minimum Gasteiger partial charge on any atom is -0.379 e. The molecule has 1 saturated heterocycles. The second-order valence-corrected chi connectivity index (χ2v) is 9.75. The number of ether oxygens (including phenoxy) is 1. The quantitative estimate of drug-likeness (QED) is 0.591. The molecule has 0 aliphatic carbocycles. The van der Waals surface area contributed by atoms with Gasteiger partial charge in [0, 0.05) is 53.3 Å². The molecule has 3 heterocycles. The Balaban J connectivity index is 0.00000289. The van der Waals surface area contributed by atoms with Crippen LogP contribution >= 0.6 is 24.2 Å². The molecule has 0 bridgehead atoms. The van der Waals surface area contributed by atoms with Gasteiger partial charge in [-0.1, -0.05) is 37.7 Å². The molecule has 1 fully saturated rings. The van der Waals surface area contributed by atoms with Gasteiger partial charge >= 0.3 is 0 Å². The van der Waals surface area contributed by atoms with Crippen LogP contribution in [0.5, 0.6) is 0 Å². The molecule has 0 amide bonds. The maximum absolute atomic E-state index is 9.07. The van der Waals surface area contributed by atoms with Crippen LogP contribution in [0.4, 0.5) is 5.69 Å². The second-order valence-electron chi connectivity index (χ2n) is 8.79. The molecule has 2 aliphatic heterocycles. The minimum atomic E-state index is -0.249. The number of morpholine rings is 1. The first-order valence-electron chi connectivity index (χ1n) is 10.8. The first-order valence-corrected chi connectivity index (χ1v) is 11.8. The lowest BCUT2D eigenvalue weighted by Crippen LogP contribution is -2.47. The number of pyridine rings is 1. The van der Waals surface area contributed by atoms with Crippen molar-refractivity contribution in [3.63, 3.8) is 0 Å². The second kappa shape index (κ2) is 10.9. The number of benzene rings is 1. The van der Waals surface area contributed by atoms with Gasteiger partial charge in [0.15, 0.2) is 0 Å². The van der Waals surface area contributed by atoms with Crippen molar-refractivity contribution < 1.29 is 9.57 Å². The van der Waals surface area contributed by atoms with Gasteiger partial charge in [-0.3, -0.25) is 19.8 Å². The van der Waals surface area contributed by atoms with Crippen molar-refractivity contribution >= 4 is 29.9 Å². The Bertz CT molecular complexity index is 948. The average Bonchev–Trinajstić information content (AvgIpc) is 2.78. The summed E-state index contributed by atoms with van der Waals surface area (Å²) in [7, 11) is 0. The molecular formula is C24H31ClN4O2S. The SMILES string of the molecule is CC1COCCN1CCN1OCSc2ccc(-c3ccc(C(C)(C)CC#N)nc3)cc21.Cl. The first kappa shape index (κ1) is 24.8. The van der Waals surface area contributed by atoms with E-state index >= 15 is 0 Å². The number of thioether (sulfide) groups is 1. The lowest BCUT2D eigenvalue weighted by atomic mass is 9.85. The number of hydroxylamine groups is 1. The number of hydrogen-bond acceptors (Lipinski definition) is 7. The zero-order chi connectivity index (χ0) is 21.8. The van der Waals surface area contributed by atoms with E-state index in [0.717, 1.165) is 55.4 Å². The topological polar surface area (TPSA) is 61.6 Å². The number of nitriles is 1. The fourth-order valence-corrected chi connectivity index (χ4v) is 4.77. The predicted octanol–water partition coefficient (Wildman–Crippen LogP) is 4.88. The van der Waals surface area contributed by atoms with E-state index < -0.39 is 0 Å². The molecule has 8 heteroatoms. The van der Waals surface area contributed by atoms with Crippen LogP contribution < -0.4 is 5.06 Å². The van der Waals surface area contributed by atoms with Gasteiger partial charge in [-0.05, 0) is 30.7 Å². The third-order valence-corrected chi connectivity index (χ3v) is 6.94. The third kappa shape index (κ3) is 5.56. The van der Waals surface area contributed by atoms with Crippen LogP contribution in [0.15, 0.2) is 41.4 Å². The van der Waals surface area contributed by atoms with Gasteiger partial charge in [-0.25, -0.2) is 0 Å². The first-order chi connectivity index (χ1) is 15.0. The van der Waals surface area contributed by atoms with E-state index in [1.165, 1.54) is 4.90 Å². The highest BCUT2D eigenvalue weighted by molar-refractivity contribution is 7.99. The van der Waals surface area contributed by atoms with E-state index in [0.29, 0.717) is 18.4 Å². The number of nitrogens with zero attached hydrogens (tertiary/aromatic N) is 4. The van der Waals surface area contributed by atoms with Crippen LogP contribution in [0, 0.1) is 11.3 Å². The molecule has 172 valence electrons. The Labute approximate surface area is 201 Å². The van der Waals surface area contributed by atoms with E-state index in [1.807, 2.05) is 17.3 Å². The highest BCUT2D eigenvalue weighted by Crippen LogP contribution is 2.38. The monoisotopic (exact) mass is 474 g/mol. The Kier molecular flexibility index (Phi) is 8.43. The fourth-order valence-electron chi connectivity index (χ4n) is 3.99. The number of anilines is 1. The number of halogens is 1. The van der Waals surface area contributed by atoms with Crippen LogP contribution in [0.3, 0.4) is 0 Å².